The Labute approximate surface area is 116 Å². The lowest BCUT2D eigenvalue weighted by Gasteiger charge is -2.32. The lowest BCUT2D eigenvalue weighted by atomic mass is 9.97. The Hall–Kier alpha value is -1.88. The van der Waals surface area contributed by atoms with Crippen molar-refractivity contribution in [2.75, 3.05) is 13.6 Å². The van der Waals surface area contributed by atoms with E-state index in [0.29, 0.717) is 16.7 Å². The van der Waals surface area contributed by atoms with E-state index in [-0.39, 0.29) is 5.54 Å². The summed E-state index contributed by atoms with van der Waals surface area (Å²) in [5.41, 5.74) is 7.00. The Bertz CT molecular complexity index is 708. The molecule has 1 aromatic heterocycles. The molecule has 4 rings (SSSR count). The van der Waals surface area contributed by atoms with Crippen LogP contribution in [-0.2, 0) is 5.54 Å². The third-order valence-electron chi connectivity index (χ3n) is 4.94. The van der Waals surface area contributed by atoms with E-state index in [1.165, 1.54) is 6.42 Å². The van der Waals surface area contributed by atoms with Crippen LogP contribution >= 0.6 is 0 Å². The molecule has 1 amide bonds. The molecule has 1 aromatic carbocycles. The van der Waals surface area contributed by atoms with Crippen LogP contribution in [0.3, 0.4) is 0 Å². The summed E-state index contributed by atoms with van der Waals surface area (Å²) < 4.78 is 5.97. The van der Waals surface area contributed by atoms with Gasteiger partial charge < -0.3 is 10.2 Å². The molecule has 2 bridgehead atoms. The molecule has 0 radical (unpaired) electrons. The number of rotatable bonds is 2. The number of primary amides is 1. The van der Waals surface area contributed by atoms with Crippen LogP contribution in [0, 0.1) is 5.92 Å². The van der Waals surface area contributed by atoms with E-state index in [4.69, 9.17) is 10.2 Å². The second kappa shape index (κ2) is 3.82. The van der Waals surface area contributed by atoms with Crippen molar-refractivity contribution in [2.45, 2.75) is 24.8 Å². The minimum Gasteiger partial charge on any atom is -0.439 e. The summed E-state index contributed by atoms with van der Waals surface area (Å²) >= 11 is 0. The highest BCUT2D eigenvalue weighted by Crippen LogP contribution is 2.52. The van der Waals surface area contributed by atoms with Crippen molar-refractivity contribution in [3.63, 3.8) is 0 Å². The molecule has 1 saturated carbocycles. The minimum atomic E-state index is -0.461. The summed E-state index contributed by atoms with van der Waals surface area (Å²) in [5.74, 6) is 1.02. The second-order valence-corrected chi connectivity index (χ2v) is 6.06. The van der Waals surface area contributed by atoms with E-state index in [2.05, 4.69) is 16.9 Å². The number of fused-ring (bicyclic) bond motifs is 3. The van der Waals surface area contributed by atoms with Crippen LogP contribution in [0.2, 0.25) is 0 Å². The van der Waals surface area contributed by atoms with Crippen LogP contribution < -0.4 is 5.73 Å². The molecule has 2 fully saturated rings. The quantitative estimate of drug-likeness (QED) is 0.905. The monoisotopic (exact) mass is 271 g/mol. The molecule has 5 heteroatoms. The van der Waals surface area contributed by atoms with E-state index < -0.39 is 5.91 Å². The number of hydrogen-bond acceptors (Lipinski definition) is 4. The number of hydrogen-bond donors (Lipinski definition) is 1. The van der Waals surface area contributed by atoms with Crippen molar-refractivity contribution in [1.82, 2.24) is 9.88 Å². The van der Waals surface area contributed by atoms with Crippen LogP contribution in [0.5, 0.6) is 0 Å². The number of carbonyl (C=O) groups excluding carboxylic acids is 1. The van der Waals surface area contributed by atoms with Crippen LogP contribution in [0.1, 0.15) is 35.5 Å². The fourth-order valence-corrected chi connectivity index (χ4v) is 3.89. The topological polar surface area (TPSA) is 72.4 Å². The van der Waals surface area contributed by atoms with Gasteiger partial charge >= 0.3 is 0 Å². The summed E-state index contributed by atoms with van der Waals surface area (Å²) in [6.07, 6.45) is 3.40. The highest BCUT2D eigenvalue weighted by molar-refractivity contribution is 6.03. The third kappa shape index (κ3) is 1.41. The van der Waals surface area contributed by atoms with Gasteiger partial charge in [-0.05, 0) is 44.4 Å². The maximum absolute atomic E-state index is 11.5. The number of amides is 1. The molecule has 2 atom stereocenters. The van der Waals surface area contributed by atoms with Crippen LogP contribution in [0.25, 0.3) is 11.1 Å². The predicted octanol–water partition coefficient (Wildman–Crippen LogP) is 1.87. The van der Waals surface area contributed by atoms with Crippen molar-refractivity contribution in [2.24, 2.45) is 11.7 Å². The van der Waals surface area contributed by atoms with Crippen molar-refractivity contribution >= 4 is 17.0 Å². The first-order valence-electron chi connectivity index (χ1n) is 7.01. The van der Waals surface area contributed by atoms with Gasteiger partial charge in [0.1, 0.15) is 5.52 Å². The van der Waals surface area contributed by atoms with Gasteiger partial charge in [-0.15, -0.1) is 0 Å². The maximum atomic E-state index is 11.5. The number of para-hydroxylation sites is 1. The number of aromatic nitrogens is 1. The van der Waals surface area contributed by atoms with Gasteiger partial charge in [0.25, 0.3) is 5.91 Å². The van der Waals surface area contributed by atoms with Crippen LogP contribution in [-0.4, -0.2) is 29.4 Å². The smallest absolute Gasteiger partial charge is 0.251 e. The molecule has 20 heavy (non-hydrogen) atoms. The van der Waals surface area contributed by atoms with Gasteiger partial charge in [0.05, 0.1) is 11.1 Å². The molecule has 0 spiro atoms. The van der Waals surface area contributed by atoms with Gasteiger partial charge in [0.15, 0.2) is 5.58 Å². The SMILES string of the molecule is CN1C[C@H]2CC[C@]1(c1nc3c(C(N)=O)cccc3o1)C2. The number of likely N-dealkylation sites (tertiary alicyclic amines) is 1. The Balaban J connectivity index is 1.90. The highest BCUT2D eigenvalue weighted by Gasteiger charge is 2.53. The Morgan fingerprint density at radius 1 is 1.55 bits per heavy atom. The Morgan fingerprint density at radius 2 is 2.40 bits per heavy atom. The highest BCUT2D eigenvalue weighted by atomic mass is 16.4. The van der Waals surface area contributed by atoms with Gasteiger partial charge in [0, 0.05) is 6.54 Å². The molecule has 1 saturated heterocycles. The fraction of sp³-hybridized carbons (Fsp3) is 0.467. The maximum Gasteiger partial charge on any atom is 0.251 e. The molecule has 2 aliphatic rings. The van der Waals surface area contributed by atoms with E-state index in [1.807, 2.05) is 6.07 Å². The van der Waals surface area contributed by atoms with Gasteiger partial charge in [-0.1, -0.05) is 6.07 Å². The zero-order valence-corrected chi connectivity index (χ0v) is 11.4. The fourth-order valence-electron chi connectivity index (χ4n) is 3.89. The summed E-state index contributed by atoms with van der Waals surface area (Å²) in [7, 11) is 2.13. The number of carbonyl (C=O) groups is 1. The lowest BCUT2D eigenvalue weighted by molar-refractivity contribution is 0.100. The average molecular weight is 271 g/mol. The summed E-state index contributed by atoms with van der Waals surface area (Å²) in [4.78, 5) is 18.5. The standard InChI is InChI=1S/C15H17N3O2/c1-18-8-9-5-6-15(18,7-9)14-17-12-10(13(16)19)3-2-4-11(12)20-14/h2-4,9H,5-8H2,1H3,(H2,16,19)/t9-,15+/m0/s1. The van der Waals surface area contributed by atoms with Gasteiger partial charge in [0.2, 0.25) is 5.89 Å². The molecule has 5 nitrogen and oxygen atoms in total. The number of piperidine rings is 1. The molecule has 2 N–H and O–H groups in total. The molecule has 2 heterocycles. The van der Waals surface area contributed by atoms with Gasteiger partial charge in [-0.2, -0.15) is 0 Å². The first-order chi connectivity index (χ1) is 9.60. The Kier molecular flexibility index (Phi) is 2.27. The molecular weight excluding hydrogens is 254 g/mol. The van der Waals surface area contributed by atoms with Crippen molar-refractivity contribution < 1.29 is 9.21 Å². The number of oxazole rings is 1. The van der Waals surface area contributed by atoms with Crippen molar-refractivity contribution in [3.05, 3.63) is 29.7 Å². The minimum absolute atomic E-state index is 0.0847. The lowest BCUT2D eigenvalue weighted by Crippen LogP contribution is -2.39. The normalized spacial score (nSPS) is 29.4. The van der Waals surface area contributed by atoms with Crippen LogP contribution in [0.15, 0.2) is 22.6 Å². The number of nitrogens with two attached hydrogens (primary N) is 1. The van der Waals surface area contributed by atoms with Crippen molar-refractivity contribution in [1.29, 1.82) is 0 Å². The molecule has 1 aliphatic heterocycles. The van der Waals surface area contributed by atoms with E-state index >= 15 is 0 Å². The summed E-state index contributed by atoms with van der Waals surface area (Å²) in [5, 5.41) is 0. The molecule has 1 aliphatic carbocycles. The zero-order valence-electron chi connectivity index (χ0n) is 11.4. The summed E-state index contributed by atoms with van der Waals surface area (Å²) in [6.45, 7) is 1.10. The molecular formula is C15H17N3O2. The number of nitrogens with zero attached hydrogens (tertiary/aromatic N) is 2. The molecule has 0 unspecified atom stereocenters. The van der Waals surface area contributed by atoms with Crippen LogP contribution in [0.4, 0.5) is 0 Å². The number of benzene rings is 1. The zero-order chi connectivity index (χ0) is 13.9. The molecule has 104 valence electrons. The summed E-state index contributed by atoms with van der Waals surface area (Å²) in [6, 6.07) is 5.33. The largest absolute Gasteiger partial charge is 0.439 e. The first-order valence-corrected chi connectivity index (χ1v) is 7.01. The van der Waals surface area contributed by atoms with Crippen molar-refractivity contribution in [3.8, 4) is 0 Å². The van der Waals surface area contributed by atoms with Gasteiger partial charge in [-0.25, -0.2) is 4.98 Å². The predicted molar refractivity (Wildman–Crippen MR) is 74.2 cm³/mol. The van der Waals surface area contributed by atoms with Gasteiger partial charge in [-0.3, -0.25) is 9.69 Å². The average Bonchev–Trinajstić information content (AvgIpc) is 3.08. The second-order valence-electron chi connectivity index (χ2n) is 6.06. The molecule has 2 aromatic rings. The van der Waals surface area contributed by atoms with E-state index in [9.17, 15) is 4.79 Å². The van der Waals surface area contributed by atoms with E-state index in [1.54, 1.807) is 12.1 Å². The van der Waals surface area contributed by atoms with E-state index in [0.717, 1.165) is 31.2 Å². The first kappa shape index (κ1) is 11.9. The third-order valence-corrected chi connectivity index (χ3v) is 4.94. The Morgan fingerprint density at radius 3 is 3.05 bits per heavy atom.